The van der Waals surface area contributed by atoms with E-state index in [4.69, 9.17) is 26.3 Å². The SMILES string of the molecule is CC1N=C2N[C@H](CC/C=C\CCO)C[C@@H]3CCC(=C1C(=O)OCCCCN=C(N)N)N23. The van der Waals surface area contributed by atoms with E-state index < -0.39 is 0 Å². The fourth-order valence-corrected chi connectivity index (χ4v) is 4.54. The summed E-state index contributed by atoms with van der Waals surface area (Å²) in [5.74, 6) is 0.721. The number of aliphatic imine (C=N–C) groups is 2. The average molecular weight is 433 g/mol. The molecule has 6 N–H and O–H groups in total. The topological polar surface area (TPSA) is 139 Å². The van der Waals surface area contributed by atoms with Gasteiger partial charge in [0, 0.05) is 30.9 Å². The van der Waals surface area contributed by atoms with Gasteiger partial charge in [0.25, 0.3) is 0 Å². The quantitative estimate of drug-likeness (QED) is 0.126. The van der Waals surface area contributed by atoms with Crippen molar-refractivity contribution >= 4 is 17.9 Å². The lowest BCUT2D eigenvalue weighted by molar-refractivity contribution is -0.139. The van der Waals surface area contributed by atoms with Crippen LogP contribution in [0.4, 0.5) is 0 Å². The number of aliphatic hydroxyl groups is 1. The first kappa shape index (κ1) is 23.1. The van der Waals surface area contributed by atoms with Gasteiger partial charge in [0.15, 0.2) is 11.9 Å². The van der Waals surface area contributed by atoms with E-state index in [9.17, 15) is 4.79 Å². The fraction of sp³-hybridized carbons (Fsp3) is 0.682. The molecule has 0 aromatic heterocycles. The summed E-state index contributed by atoms with van der Waals surface area (Å²) < 4.78 is 5.55. The van der Waals surface area contributed by atoms with Gasteiger partial charge in [-0.3, -0.25) is 4.99 Å². The highest BCUT2D eigenvalue weighted by Crippen LogP contribution is 2.39. The number of guanidine groups is 2. The molecule has 2 saturated heterocycles. The van der Waals surface area contributed by atoms with Crippen LogP contribution >= 0.6 is 0 Å². The Morgan fingerprint density at radius 3 is 2.94 bits per heavy atom. The summed E-state index contributed by atoms with van der Waals surface area (Å²) >= 11 is 0. The summed E-state index contributed by atoms with van der Waals surface area (Å²) in [5.41, 5.74) is 12.4. The molecule has 0 bridgehead atoms. The third-order valence-electron chi connectivity index (χ3n) is 5.98. The number of ether oxygens (including phenoxy) is 1. The minimum atomic E-state index is -0.260. The van der Waals surface area contributed by atoms with Crippen LogP contribution in [0.25, 0.3) is 0 Å². The first-order chi connectivity index (χ1) is 15.0. The van der Waals surface area contributed by atoms with E-state index in [1.165, 1.54) is 0 Å². The molecule has 3 atom stereocenters. The molecule has 3 aliphatic heterocycles. The van der Waals surface area contributed by atoms with Crippen LogP contribution in [0.3, 0.4) is 0 Å². The van der Waals surface area contributed by atoms with Gasteiger partial charge in [-0.05, 0) is 58.3 Å². The molecule has 0 spiro atoms. The third-order valence-corrected chi connectivity index (χ3v) is 5.98. The zero-order valence-corrected chi connectivity index (χ0v) is 18.4. The summed E-state index contributed by atoms with van der Waals surface area (Å²) in [7, 11) is 0. The van der Waals surface area contributed by atoms with E-state index in [0.29, 0.717) is 37.2 Å². The highest BCUT2D eigenvalue weighted by atomic mass is 16.5. The summed E-state index contributed by atoms with van der Waals surface area (Å²) in [5, 5.41) is 12.5. The Labute approximate surface area is 184 Å². The number of carbonyl (C=O) groups is 1. The molecule has 172 valence electrons. The lowest BCUT2D eigenvalue weighted by atomic mass is 9.98. The molecule has 3 aliphatic rings. The number of unbranched alkanes of at least 4 members (excludes halogenated alkanes) is 1. The summed E-state index contributed by atoms with van der Waals surface area (Å²) in [6.45, 7) is 3.05. The van der Waals surface area contributed by atoms with E-state index in [2.05, 4.69) is 21.3 Å². The summed E-state index contributed by atoms with van der Waals surface area (Å²) in [6.07, 6.45) is 11.3. The van der Waals surface area contributed by atoms with Crippen LogP contribution in [0.2, 0.25) is 0 Å². The Hall–Kier alpha value is -2.55. The number of allylic oxidation sites excluding steroid dienone is 2. The number of hydrogen-bond donors (Lipinski definition) is 4. The van der Waals surface area contributed by atoms with Crippen molar-refractivity contribution < 1.29 is 14.6 Å². The predicted octanol–water partition coefficient (Wildman–Crippen LogP) is 1.14. The smallest absolute Gasteiger partial charge is 0.337 e. The van der Waals surface area contributed by atoms with Crippen LogP contribution in [0, 0.1) is 0 Å². The lowest BCUT2D eigenvalue weighted by Crippen LogP contribution is -2.56. The molecule has 31 heavy (non-hydrogen) atoms. The molecule has 9 heteroatoms. The van der Waals surface area contributed by atoms with Gasteiger partial charge in [0.1, 0.15) is 0 Å². The van der Waals surface area contributed by atoms with E-state index in [-0.39, 0.29) is 24.6 Å². The van der Waals surface area contributed by atoms with E-state index >= 15 is 0 Å². The van der Waals surface area contributed by atoms with Crippen LogP contribution in [0.5, 0.6) is 0 Å². The molecule has 0 aromatic carbocycles. The molecule has 0 amide bonds. The number of nitrogens with one attached hydrogen (secondary N) is 1. The summed E-state index contributed by atoms with van der Waals surface area (Å²) in [4.78, 5) is 23.8. The van der Waals surface area contributed by atoms with Crippen molar-refractivity contribution in [1.82, 2.24) is 10.2 Å². The minimum Gasteiger partial charge on any atom is -0.462 e. The first-order valence-corrected chi connectivity index (χ1v) is 11.4. The van der Waals surface area contributed by atoms with Gasteiger partial charge < -0.3 is 31.5 Å². The van der Waals surface area contributed by atoms with E-state index in [1.807, 2.05) is 13.0 Å². The maximum Gasteiger partial charge on any atom is 0.337 e. The Morgan fingerprint density at radius 1 is 1.35 bits per heavy atom. The molecule has 0 aliphatic carbocycles. The van der Waals surface area contributed by atoms with Gasteiger partial charge >= 0.3 is 5.97 Å². The van der Waals surface area contributed by atoms with Crippen LogP contribution in [-0.2, 0) is 9.53 Å². The highest BCUT2D eigenvalue weighted by Gasteiger charge is 2.44. The van der Waals surface area contributed by atoms with Gasteiger partial charge in [0.05, 0.1) is 18.2 Å². The number of nitrogens with zero attached hydrogens (tertiary/aromatic N) is 3. The molecule has 1 unspecified atom stereocenters. The van der Waals surface area contributed by atoms with Gasteiger partial charge in [-0.15, -0.1) is 0 Å². The number of aliphatic hydroxyl groups excluding tert-OH is 1. The number of hydrogen-bond acceptors (Lipinski definition) is 7. The van der Waals surface area contributed by atoms with Gasteiger partial charge in [-0.2, -0.15) is 0 Å². The first-order valence-electron chi connectivity index (χ1n) is 11.4. The molecular formula is C22H36N6O3. The molecule has 2 fully saturated rings. The number of nitrogens with two attached hydrogens (primary N) is 2. The molecule has 0 radical (unpaired) electrons. The molecular weight excluding hydrogens is 396 g/mol. The second-order valence-electron chi connectivity index (χ2n) is 8.34. The normalized spacial score (nSPS) is 24.6. The fourth-order valence-electron chi connectivity index (χ4n) is 4.54. The minimum absolute atomic E-state index is 0.0833. The predicted molar refractivity (Wildman–Crippen MR) is 121 cm³/mol. The maximum atomic E-state index is 12.8. The number of esters is 1. The zero-order chi connectivity index (χ0) is 22.2. The largest absolute Gasteiger partial charge is 0.462 e. The van der Waals surface area contributed by atoms with E-state index in [0.717, 1.165) is 56.6 Å². The van der Waals surface area contributed by atoms with Crippen LogP contribution in [-0.4, -0.2) is 65.8 Å². The Kier molecular flexibility index (Phi) is 8.34. The monoisotopic (exact) mass is 432 g/mol. The molecule has 0 saturated carbocycles. The molecule has 0 aromatic rings. The van der Waals surface area contributed by atoms with Crippen molar-refractivity contribution in [1.29, 1.82) is 0 Å². The second-order valence-corrected chi connectivity index (χ2v) is 8.34. The zero-order valence-electron chi connectivity index (χ0n) is 18.4. The van der Waals surface area contributed by atoms with Crippen molar-refractivity contribution in [3.63, 3.8) is 0 Å². The average Bonchev–Trinajstić information content (AvgIpc) is 3.14. The van der Waals surface area contributed by atoms with Crippen molar-refractivity contribution in [3.05, 3.63) is 23.4 Å². The van der Waals surface area contributed by atoms with Gasteiger partial charge in [-0.25, -0.2) is 9.79 Å². The van der Waals surface area contributed by atoms with Gasteiger partial charge in [-0.1, -0.05) is 12.2 Å². The maximum absolute atomic E-state index is 12.8. The van der Waals surface area contributed by atoms with Gasteiger partial charge in [0.2, 0.25) is 0 Å². The van der Waals surface area contributed by atoms with Crippen LogP contribution in [0.15, 0.2) is 33.4 Å². The second kappa shape index (κ2) is 11.2. The van der Waals surface area contributed by atoms with Crippen molar-refractivity contribution in [2.24, 2.45) is 21.5 Å². The Balaban J connectivity index is 1.55. The lowest BCUT2D eigenvalue weighted by Gasteiger charge is -2.42. The van der Waals surface area contributed by atoms with Crippen molar-refractivity contribution in [2.45, 2.75) is 76.4 Å². The highest BCUT2D eigenvalue weighted by molar-refractivity contribution is 5.95. The summed E-state index contributed by atoms with van der Waals surface area (Å²) in [6, 6.07) is 0.546. The van der Waals surface area contributed by atoms with E-state index in [1.54, 1.807) is 0 Å². The van der Waals surface area contributed by atoms with Crippen LogP contribution in [0.1, 0.15) is 58.3 Å². The number of rotatable bonds is 11. The third kappa shape index (κ3) is 6.00. The molecule has 9 nitrogen and oxygen atoms in total. The standard InChI is InChI=1S/C22H36N6O3/c1-15-19(20(30)31-13-7-5-11-25-21(23)24)18-10-9-17-14-16(8-4-2-3-6-12-29)27-22(26-15)28(17)18/h2-3,15-17,29H,4-14H2,1H3,(H,26,27)(H4,23,24,25)/b3-2-/t15?,16-,17+/m1/s1. The van der Waals surface area contributed by atoms with Crippen molar-refractivity contribution in [3.8, 4) is 0 Å². The van der Waals surface area contributed by atoms with Crippen LogP contribution < -0.4 is 16.8 Å². The Morgan fingerprint density at radius 2 is 2.16 bits per heavy atom. The Bertz CT molecular complexity index is 756. The molecule has 3 heterocycles. The van der Waals surface area contributed by atoms with Crippen molar-refractivity contribution in [2.75, 3.05) is 19.8 Å². The molecule has 3 rings (SSSR count). The number of carbonyl (C=O) groups excluding carboxylic acids is 1.